The first-order valence-corrected chi connectivity index (χ1v) is 9.43. The van der Waals surface area contributed by atoms with Gasteiger partial charge in [-0.3, -0.25) is 19.3 Å². The standard InChI is InChI=1S/C22H22N2O4/c1-14-11-23(12-15(2)28-14)20(25)17-9-7-16(8-10-17)13-24-21(26)18-5-3-4-6-19(18)22(24)27/h3-10,14-15H,11-13H2,1-2H3/t14-,15-/m1/s1. The van der Waals surface area contributed by atoms with Gasteiger partial charge in [0.05, 0.1) is 29.9 Å². The summed E-state index contributed by atoms with van der Waals surface area (Å²) in [5.41, 5.74) is 2.27. The average Bonchev–Trinajstić information content (AvgIpc) is 2.92. The summed E-state index contributed by atoms with van der Waals surface area (Å²) < 4.78 is 5.68. The fourth-order valence-electron chi connectivity index (χ4n) is 3.84. The predicted octanol–water partition coefficient (Wildman–Crippen LogP) is 2.73. The number of rotatable bonds is 3. The minimum absolute atomic E-state index is 0.0146. The molecule has 2 aliphatic rings. The van der Waals surface area contributed by atoms with E-state index in [1.807, 2.05) is 13.8 Å². The first-order valence-electron chi connectivity index (χ1n) is 9.43. The van der Waals surface area contributed by atoms with Crippen LogP contribution in [0.15, 0.2) is 48.5 Å². The Balaban J connectivity index is 1.46. The Morgan fingerprint density at radius 2 is 1.46 bits per heavy atom. The lowest BCUT2D eigenvalue weighted by Crippen LogP contribution is -2.48. The van der Waals surface area contributed by atoms with Crippen LogP contribution in [0.4, 0.5) is 0 Å². The van der Waals surface area contributed by atoms with Crippen molar-refractivity contribution in [3.05, 3.63) is 70.8 Å². The predicted molar refractivity (Wildman–Crippen MR) is 103 cm³/mol. The molecule has 2 aromatic carbocycles. The maximum absolute atomic E-state index is 12.8. The van der Waals surface area contributed by atoms with E-state index >= 15 is 0 Å². The molecule has 2 heterocycles. The molecule has 1 fully saturated rings. The van der Waals surface area contributed by atoms with Gasteiger partial charge in [-0.15, -0.1) is 0 Å². The number of hydrogen-bond acceptors (Lipinski definition) is 4. The van der Waals surface area contributed by atoms with Gasteiger partial charge in [-0.05, 0) is 43.7 Å². The molecule has 28 heavy (non-hydrogen) atoms. The number of carbonyl (C=O) groups is 3. The molecule has 6 nitrogen and oxygen atoms in total. The summed E-state index contributed by atoms with van der Waals surface area (Å²) >= 11 is 0. The summed E-state index contributed by atoms with van der Waals surface area (Å²) in [6, 6.07) is 13.9. The highest BCUT2D eigenvalue weighted by atomic mass is 16.5. The molecule has 6 heteroatoms. The second-order valence-electron chi connectivity index (χ2n) is 7.41. The maximum Gasteiger partial charge on any atom is 0.261 e. The van der Waals surface area contributed by atoms with Crippen molar-refractivity contribution in [1.29, 1.82) is 0 Å². The van der Waals surface area contributed by atoms with Crippen molar-refractivity contribution in [2.45, 2.75) is 32.6 Å². The molecule has 0 bridgehead atoms. The van der Waals surface area contributed by atoms with E-state index in [0.29, 0.717) is 29.8 Å². The molecule has 4 rings (SSSR count). The quantitative estimate of drug-likeness (QED) is 0.771. The fraction of sp³-hybridized carbons (Fsp3) is 0.318. The van der Waals surface area contributed by atoms with Crippen LogP contribution in [-0.2, 0) is 11.3 Å². The third-order valence-electron chi connectivity index (χ3n) is 5.13. The third kappa shape index (κ3) is 3.31. The van der Waals surface area contributed by atoms with Crippen LogP contribution in [0.5, 0.6) is 0 Å². The molecule has 0 spiro atoms. The zero-order valence-corrected chi connectivity index (χ0v) is 15.9. The normalized spacial score (nSPS) is 21.8. The Kier molecular flexibility index (Phi) is 4.73. The fourth-order valence-corrected chi connectivity index (χ4v) is 3.84. The van der Waals surface area contributed by atoms with Gasteiger partial charge in [0.25, 0.3) is 17.7 Å². The molecule has 0 saturated carbocycles. The lowest BCUT2D eigenvalue weighted by molar-refractivity contribution is -0.0586. The SMILES string of the molecule is C[C@@H]1CN(C(=O)c2ccc(CN3C(=O)c4ccccc4C3=O)cc2)C[C@@H](C)O1. The maximum atomic E-state index is 12.8. The molecule has 0 aromatic heterocycles. The third-order valence-corrected chi connectivity index (χ3v) is 5.13. The van der Waals surface area contributed by atoms with Crippen molar-refractivity contribution in [2.75, 3.05) is 13.1 Å². The van der Waals surface area contributed by atoms with Crippen LogP contribution >= 0.6 is 0 Å². The van der Waals surface area contributed by atoms with Crippen molar-refractivity contribution < 1.29 is 19.1 Å². The first kappa shape index (κ1) is 18.4. The van der Waals surface area contributed by atoms with Crippen LogP contribution in [-0.4, -0.2) is 52.8 Å². The van der Waals surface area contributed by atoms with E-state index < -0.39 is 0 Å². The van der Waals surface area contributed by atoms with Gasteiger partial charge in [0, 0.05) is 18.7 Å². The van der Waals surface area contributed by atoms with Crippen LogP contribution in [0.2, 0.25) is 0 Å². The summed E-state index contributed by atoms with van der Waals surface area (Å²) in [5.74, 6) is -0.594. The number of nitrogens with zero attached hydrogens (tertiary/aromatic N) is 2. The lowest BCUT2D eigenvalue weighted by atomic mass is 10.1. The van der Waals surface area contributed by atoms with E-state index in [9.17, 15) is 14.4 Å². The van der Waals surface area contributed by atoms with Crippen LogP contribution < -0.4 is 0 Å². The Bertz CT molecular complexity index is 893. The van der Waals surface area contributed by atoms with Gasteiger partial charge >= 0.3 is 0 Å². The summed E-state index contributed by atoms with van der Waals surface area (Å²) in [5, 5.41) is 0. The summed E-state index contributed by atoms with van der Waals surface area (Å²) in [6.07, 6.45) is 0.0293. The van der Waals surface area contributed by atoms with Crippen molar-refractivity contribution in [2.24, 2.45) is 0 Å². The average molecular weight is 378 g/mol. The Morgan fingerprint density at radius 3 is 2.00 bits per heavy atom. The van der Waals surface area contributed by atoms with Gasteiger partial charge in [0.2, 0.25) is 0 Å². The smallest absolute Gasteiger partial charge is 0.261 e. The van der Waals surface area contributed by atoms with E-state index in [0.717, 1.165) is 5.56 Å². The van der Waals surface area contributed by atoms with Crippen molar-refractivity contribution in [1.82, 2.24) is 9.80 Å². The number of carbonyl (C=O) groups excluding carboxylic acids is 3. The van der Waals surface area contributed by atoms with E-state index in [1.165, 1.54) is 4.90 Å². The van der Waals surface area contributed by atoms with Gasteiger partial charge < -0.3 is 9.64 Å². The molecule has 144 valence electrons. The topological polar surface area (TPSA) is 66.9 Å². The molecule has 1 saturated heterocycles. The van der Waals surface area contributed by atoms with Gasteiger partial charge in [-0.1, -0.05) is 24.3 Å². The Labute approximate surface area is 163 Å². The number of fused-ring (bicyclic) bond motifs is 1. The van der Waals surface area contributed by atoms with Gasteiger partial charge in [-0.25, -0.2) is 0 Å². The molecule has 3 amide bonds. The van der Waals surface area contributed by atoms with Crippen LogP contribution in [0.1, 0.15) is 50.5 Å². The van der Waals surface area contributed by atoms with E-state index in [4.69, 9.17) is 4.74 Å². The van der Waals surface area contributed by atoms with Crippen molar-refractivity contribution >= 4 is 17.7 Å². The van der Waals surface area contributed by atoms with Crippen LogP contribution in [0.25, 0.3) is 0 Å². The highest BCUT2D eigenvalue weighted by Crippen LogP contribution is 2.24. The first-order chi connectivity index (χ1) is 13.4. The number of amides is 3. The molecule has 0 unspecified atom stereocenters. The van der Waals surface area contributed by atoms with Crippen LogP contribution in [0, 0.1) is 0 Å². The highest BCUT2D eigenvalue weighted by molar-refractivity contribution is 6.21. The molecule has 0 N–H and O–H groups in total. The van der Waals surface area contributed by atoms with Crippen molar-refractivity contribution in [3.63, 3.8) is 0 Å². The van der Waals surface area contributed by atoms with E-state index in [1.54, 1.807) is 53.4 Å². The zero-order valence-electron chi connectivity index (χ0n) is 15.9. The summed E-state index contributed by atoms with van der Waals surface area (Å²) in [6.45, 7) is 5.24. The summed E-state index contributed by atoms with van der Waals surface area (Å²) in [4.78, 5) is 40.8. The molecule has 0 radical (unpaired) electrons. The highest BCUT2D eigenvalue weighted by Gasteiger charge is 2.35. The molecule has 2 aliphatic heterocycles. The minimum Gasteiger partial charge on any atom is -0.372 e. The number of ether oxygens (including phenoxy) is 1. The van der Waals surface area contributed by atoms with Crippen molar-refractivity contribution in [3.8, 4) is 0 Å². The summed E-state index contributed by atoms with van der Waals surface area (Å²) in [7, 11) is 0. The lowest BCUT2D eigenvalue weighted by Gasteiger charge is -2.35. The molecular formula is C22H22N2O4. The van der Waals surface area contributed by atoms with Gasteiger partial charge in [0.1, 0.15) is 0 Å². The second-order valence-corrected chi connectivity index (χ2v) is 7.41. The zero-order chi connectivity index (χ0) is 19.8. The van der Waals surface area contributed by atoms with Gasteiger partial charge in [0.15, 0.2) is 0 Å². The minimum atomic E-state index is -0.281. The number of imide groups is 1. The van der Waals surface area contributed by atoms with Gasteiger partial charge in [-0.2, -0.15) is 0 Å². The largest absolute Gasteiger partial charge is 0.372 e. The van der Waals surface area contributed by atoms with Crippen LogP contribution in [0.3, 0.4) is 0 Å². The number of hydrogen-bond donors (Lipinski definition) is 0. The molecule has 2 aromatic rings. The Morgan fingerprint density at radius 1 is 0.929 bits per heavy atom. The second kappa shape index (κ2) is 7.20. The van der Waals surface area contributed by atoms with E-state index in [2.05, 4.69) is 0 Å². The molecule has 0 aliphatic carbocycles. The molecule has 2 atom stereocenters. The van der Waals surface area contributed by atoms with E-state index in [-0.39, 0.29) is 36.5 Å². The number of benzene rings is 2. The Hall–Kier alpha value is -2.99. The monoisotopic (exact) mass is 378 g/mol. The molecular weight excluding hydrogens is 356 g/mol. The number of morpholine rings is 1.